The molecule has 0 aromatic rings. The Labute approximate surface area is 102 Å². The largest absolute Gasteiger partial charge is 0.351 e. The fraction of sp³-hybridized carbons (Fsp3) is 0.833. The van der Waals surface area contributed by atoms with Gasteiger partial charge in [0.1, 0.15) is 0 Å². The molecule has 2 rings (SSSR count). The molecule has 2 amide bonds. The van der Waals surface area contributed by atoms with E-state index in [1.165, 1.54) is 0 Å². The second-order valence-corrected chi connectivity index (χ2v) is 5.49. The van der Waals surface area contributed by atoms with E-state index in [4.69, 9.17) is 0 Å². The molecule has 2 fully saturated rings. The minimum Gasteiger partial charge on any atom is -0.351 e. The van der Waals surface area contributed by atoms with Crippen LogP contribution in [0.25, 0.3) is 0 Å². The van der Waals surface area contributed by atoms with E-state index in [9.17, 15) is 9.59 Å². The Hall–Kier alpha value is -1.10. The molecule has 2 unspecified atom stereocenters. The summed E-state index contributed by atoms with van der Waals surface area (Å²) < 4.78 is 0. The smallest absolute Gasteiger partial charge is 0.227 e. The van der Waals surface area contributed by atoms with Crippen molar-refractivity contribution in [2.24, 2.45) is 5.41 Å². The van der Waals surface area contributed by atoms with Gasteiger partial charge in [0.25, 0.3) is 0 Å². The quantitative estimate of drug-likeness (QED) is 0.697. The van der Waals surface area contributed by atoms with Crippen molar-refractivity contribution in [3.63, 3.8) is 0 Å². The summed E-state index contributed by atoms with van der Waals surface area (Å²) >= 11 is 0. The van der Waals surface area contributed by atoms with Crippen LogP contribution >= 0.6 is 0 Å². The summed E-state index contributed by atoms with van der Waals surface area (Å²) in [6.45, 7) is 4.35. The number of likely N-dealkylation sites (tertiary alicyclic amines) is 1. The first-order valence-electron chi connectivity index (χ1n) is 6.27. The fourth-order valence-corrected chi connectivity index (χ4v) is 2.57. The van der Waals surface area contributed by atoms with Crippen LogP contribution in [-0.4, -0.2) is 49.4 Å². The second kappa shape index (κ2) is 4.64. The molecule has 2 saturated heterocycles. The molecule has 0 bridgehead atoms. The van der Waals surface area contributed by atoms with E-state index in [1.54, 1.807) is 11.9 Å². The van der Waals surface area contributed by atoms with Gasteiger partial charge in [0.15, 0.2) is 0 Å². The zero-order chi connectivity index (χ0) is 12.5. The Morgan fingerprint density at radius 1 is 1.59 bits per heavy atom. The van der Waals surface area contributed by atoms with Crippen molar-refractivity contribution < 1.29 is 9.59 Å². The lowest BCUT2D eigenvalue weighted by Crippen LogP contribution is -2.51. The molecule has 0 aliphatic carbocycles. The predicted octanol–water partition coefficient (Wildman–Crippen LogP) is -0.277. The molecule has 0 spiro atoms. The van der Waals surface area contributed by atoms with Crippen molar-refractivity contribution in [1.82, 2.24) is 15.5 Å². The summed E-state index contributed by atoms with van der Waals surface area (Å²) in [5.41, 5.74) is -0.317. The van der Waals surface area contributed by atoms with Gasteiger partial charge in [-0.3, -0.25) is 9.59 Å². The lowest BCUT2D eigenvalue weighted by molar-refractivity contribution is -0.131. The van der Waals surface area contributed by atoms with E-state index in [1.807, 2.05) is 6.92 Å². The topological polar surface area (TPSA) is 61.4 Å². The van der Waals surface area contributed by atoms with Crippen LogP contribution in [0.15, 0.2) is 0 Å². The summed E-state index contributed by atoms with van der Waals surface area (Å²) in [7, 11) is 1.78. The Morgan fingerprint density at radius 3 is 2.88 bits per heavy atom. The van der Waals surface area contributed by atoms with E-state index in [0.29, 0.717) is 13.0 Å². The Morgan fingerprint density at radius 2 is 2.35 bits per heavy atom. The second-order valence-electron chi connectivity index (χ2n) is 5.49. The zero-order valence-corrected chi connectivity index (χ0v) is 10.6. The van der Waals surface area contributed by atoms with Gasteiger partial charge in [0.2, 0.25) is 11.8 Å². The van der Waals surface area contributed by atoms with Crippen LogP contribution < -0.4 is 10.6 Å². The maximum atomic E-state index is 12.2. The minimum atomic E-state index is -0.317. The number of hydrogen-bond donors (Lipinski definition) is 2. The van der Waals surface area contributed by atoms with Crippen molar-refractivity contribution in [2.45, 2.75) is 32.2 Å². The maximum Gasteiger partial charge on any atom is 0.227 e. The van der Waals surface area contributed by atoms with Crippen LogP contribution in [0.1, 0.15) is 26.2 Å². The third kappa shape index (κ3) is 2.60. The molecular formula is C12H21N3O2. The number of hydrogen-bond acceptors (Lipinski definition) is 3. The summed E-state index contributed by atoms with van der Waals surface area (Å²) in [5, 5.41) is 6.27. The molecule has 0 aromatic carbocycles. The number of amides is 2. The van der Waals surface area contributed by atoms with Crippen molar-refractivity contribution in [3.8, 4) is 0 Å². The Kier molecular flexibility index (Phi) is 3.38. The molecule has 2 N–H and O–H groups in total. The average Bonchev–Trinajstić information content (AvgIpc) is 2.59. The Balaban J connectivity index is 1.90. The lowest BCUT2D eigenvalue weighted by atomic mass is 9.81. The molecule has 0 saturated carbocycles. The highest BCUT2D eigenvalue weighted by Crippen LogP contribution is 2.26. The molecule has 2 atom stereocenters. The first-order chi connectivity index (χ1) is 8.01. The first kappa shape index (κ1) is 12.4. The van der Waals surface area contributed by atoms with Crippen LogP contribution in [0.3, 0.4) is 0 Å². The van der Waals surface area contributed by atoms with E-state index < -0.39 is 0 Å². The normalized spacial score (nSPS) is 33.9. The van der Waals surface area contributed by atoms with Crippen molar-refractivity contribution in [2.75, 3.05) is 26.7 Å². The summed E-state index contributed by atoms with van der Waals surface area (Å²) in [4.78, 5) is 25.3. The van der Waals surface area contributed by atoms with Crippen molar-refractivity contribution in [1.29, 1.82) is 0 Å². The van der Waals surface area contributed by atoms with E-state index in [-0.39, 0.29) is 23.3 Å². The van der Waals surface area contributed by atoms with Gasteiger partial charge >= 0.3 is 0 Å². The average molecular weight is 239 g/mol. The fourth-order valence-electron chi connectivity index (χ4n) is 2.57. The van der Waals surface area contributed by atoms with Gasteiger partial charge in [-0.1, -0.05) is 0 Å². The van der Waals surface area contributed by atoms with Gasteiger partial charge in [-0.25, -0.2) is 0 Å². The number of piperidine rings is 1. The molecule has 2 aliphatic rings. The third-order valence-corrected chi connectivity index (χ3v) is 3.82. The standard InChI is InChI=1S/C12H21N3O2/c1-12(4-3-5-13-8-12)11(17)14-9-6-10(16)15(2)7-9/h9,13H,3-8H2,1-2H3,(H,14,17). The minimum absolute atomic E-state index is 0.0150. The molecule has 96 valence electrons. The molecule has 5 nitrogen and oxygen atoms in total. The predicted molar refractivity (Wildman–Crippen MR) is 64.4 cm³/mol. The SMILES string of the molecule is CN1CC(NC(=O)C2(C)CCCNC2)CC1=O. The van der Waals surface area contributed by atoms with Gasteiger partial charge in [0.05, 0.1) is 11.5 Å². The molecule has 0 radical (unpaired) electrons. The number of nitrogens with one attached hydrogen (secondary N) is 2. The van der Waals surface area contributed by atoms with Gasteiger partial charge < -0.3 is 15.5 Å². The monoisotopic (exact) mass is 239 g/mol. The first-order valence-corrected chi connectivity index (χ1v) is 6.27. The third-order valence-electron chi connectivity index (χ3n) is 3.82. The highest BCUT2D eigenvalue weighted by molar-refractivity contribution is 5.85. The summed E-state index contributed by atoms with van der Waals surface area (Å²) in [5.74, 6) is 0.194. The molecular weight excluding hydrogens is 218 g/mol. The van der Waals surface area contributed by atoms with Crippen LogP contribution in [0.5, 0.6) is 0 Å². The van der Waals surface area contributed by atoms with Crippen molar-refractivity contribution >= 4 is 11.8 Å². The molecule has 17 heavy (non-hydrogen) atoms. The van der Waals surface area contributed by atoms with Gasteiger partial charge in [0, 0.05) is 26.6 Å². The van der Waals surface area contributed by atoms with Crippen molar-refractivity contribution in [3.05, 3.63) is 0 Å². The summed E-state index contributed by atoms with van der Waals surface area (Å²) in [6, 6.07) is -0.0150. The molecule has 2 heterocycles. The lowest BCUT2D eigenvalue weighted by Gasteiger charge is -2.33. The van der Waals surface area contributed by atoms with E-state index in [2.05, 4.69) is 10.6 Å². The van der Waals surface area contributed by atoms with Crippen LogP contribution in [0.2, 0.25) is 0 Å². The van der Waals surface area contributed by atoms with Gasteiger partial charge in [-0.15, -0.1) is 0 Å². The Bertz CT molecular complexity index is 324. The zero-order valence-electron chi connectivity index (χ0n) is 10.6. The van der Waals surface area contributed by atoms with Crippen LogP contribution in [0, 0.1) is 5.41 Å². The molecule has 0 aromatic heterocycles. The number of likely N-dealkylation sites (N-methyl/N-ethyl adjacent to an activating group) is 1. The number of carbonyl (C=O) groups excluding carboxylic acids is 2. The molecule has 5 heteroatoms. The van der Waals surface area contributed by atoms with E-state index in [0.717, 1.165) is 25.9 Å². The maximum absolute atomic E-state index is 12.2. The highest BCUT2D eigenvalue weighted by Gasteiger charge is 2.37. The highest BCUT2D eigenvalue weighted by atomic mass is 16.2. The number of nitrogens with zero attached hydrogens (tertiary/aromatic N) is 1. The number of rotatable bonds is 2. The van der Waals surface area contributed by atoms with E-state index >= 15 is 0 Å². The molecule has 2 aliphatic heterocycles. The van der Waals surface area contributed by atoms with Gasteiger partial charge in [-0.2, -0.15) is 0 Å². The number of carbonyl (C=O) groups is 2. The van der Waals surface area contributed by atoms with Gasteiger partial charge in [-0.05, 0) is 26.3 Å². The van der Waals surface area contributed by atoms with Crippen LogP contribution in [0.4, 0.5) is 0 Å². The summed E-state index contributed by atoms with van der Waals surface area (Å²) in [6.07, 6.45) is 2.39. The van der Waals surface area contributed by atoms with Crippen LogP contribution in [-0.2, 0) is 9.59 Å².